The summed E-state index contributed by atoms with van der Waals surface area (Å²) < 4.78 is 5.57. The van der Waals surface area contributed by atoms with Crippen molar-refractivity contribution in [1.29, 1.82) is 0 Å². The van der Waals surface area contributed by atoms with Gasteiger partial charge in [0.15, 0.2) is 5.13 Å². The topological polar surface area (TPSA) is 77.2 Å². The monoisotopic (exact) mass is 277 g/mol. The molecule has 1 aromatic carbocycles. The van der Waals surface area contributed by atoms with Gasteiger partial charge in [-0.1, -0.05) is 19.1 Å². The van der Waals surface area contributed by atoms with Gasteiger partial charge in [-0.2, -0.15) is 0 Å². The zero-order valence-corrected chi connectivity index (χ0v) is 11.4. The number of thiazole rings is 1. The van der Waals surface area contributed by atoms with Crippen molar-refractivity contribution in [3.05, 3.63) is 35.3 Å². The molecule has 1 amide bonds. The number of anilines is 2. The van der Waals surface area contributed by atoms with E-state index in [-0.39, 0.29) is 5.91 Å². The van der Waals surface area contributed by atoms with Gasteiger partial charge in [-0.25, -0.2) is 4.98 Å². The van der Waals surface area contributed by atoms with Crippen LogP contribution in [0.3, 0.4) is 0 Å². The molecule has 0 fully saturated rings. The van der Waals surface area contributed by atoms with Crippen LogP contribution in [-0.4, -0.2) is 17.5 Å². The van der Waals surface area contributed by atoms with E-state index in [1.807, 2.05) is 25.1 Å². The molecule has 0 aliphatic heterocycles. The summed E-state index contributed by atoms with van der Waals surface area (Å²) in [6.07, 6.45) is 0.908. The molecule has 0 saturated carbocycles. The van der Waals surface area contributed by atoms with Gasteiger partial charge >= 0.3 is 0 Å². The van der Waals surface area contributed by atoms with Gasteiger partial charge in [0, 0.05) is 5.38 Å². The van der Waals surface area contributed by atoms with E-state index in [2.05, 4.69) is 10.3 Å². The summed E-state index contributed by atoms with van der Waals surface area (Å²) >= 11 is 1.24. The maximum absolute atomic E-state index is 12.0. The number of amides is 1. The molecular weight excluding hydrogens is 262 g/mol. The lowest BCUT2D eigenvalue weighted by atomic mass is 10.3. The van der Waals surface area contributed by atoms with Crippen LogP contribution in [0, 0.1) is 0 Å². The quantitative estimate of drug-likeness (QED) is 0.881. The van der Waals surface area contributed by atoms with Crippen molar-refractivity contribution in [3.63, 3.8) is 0 Å². The Morgan fingerprint density at radius 2 is 2.26 bits per heavy atom. The molecule has 0 radical (unpaired) electrons. The Kier molecular flexibility index (Phi) is 4.35. The molecule has 3 N–H and O–H groups in total. The highest BCUT2D eigenvalue weighted by atomic mass is 32.1. The molecule has 0 aliphatic carbocycles. The molecule has 6 heteroatoms. The van der Waals surface area contributed by atoms with E-state index >= 15 is 0 Å². The average Bonchev–Trinajstić information content (AvgIpc) is 2.84. The van der Waals surface area contributed by atoms with E-state index in [0.29, 0.717) is 28.9 Å². The third-order valence-corrected chi connectivity index (χ3v) is 3.03. The number of nitrogens with zero attached hydrogens (tertiary/aromatic N) is 1. The summed E-state index contributed by atoms with van der Waals surface area (Å²) in [6, 6.07) is 7.31. The Morgan fingerprint density at radius 3 is 2.95 bits per heavy atom. The number of nitrogens with one attached hydrogen (secondary N) is 1. The molecule has 0 spiro atoms. The molecular formula is C13H15N3O2S. The van der Waals surface area contributed by atoms with Gasteiger partial charge in [0.25, 0.3) is 5.91 Å². The molecule has 2 rings (SSSR count). The van der Waals surface area contributed by atoms with Crippen LogP contribution in [0.2, 0.25) is 0 Å². The van der Waals surface area contributed by atoms with Crippen LogP contribution in [0.25, 0.3) is 0 Å². The molecule has 0 unspecified atom stereocenters. The lowest BCUT2D eigenvalue weighted by molar-refractivity contribution is 0.102. The van der Waals surface area contributed by atoms with Crippen molar-refractivity contribution in [3.8, 4) is 5.75 Å². The van der Waals surface area contributed by atoms with Gasteiger partial charge in [0.1, 0.15) is 11.4 Å². The normalized spacial score (nSPS) is 10.2. The molecule has 0 bridgehead atoms. The van der Waals surface area contributed by atoms with Crippen LogP contribution >= 0.6 is 11.3 Å². The molecule has 100 valence electrons. The first-order valence-corrected chi connectivity index (χ1v) is 6.83. The molecule has 19 heavy (non-hydrogen) atoms. The fraction of sp³-hybridized carbons (Fsp3) is 0.231. The van der Waals surface area contributed by atoms with Crippen LogP contribution in [0.4, 0.5) is 10.8 Å². The summed E-state index contributed by atoms with van der Waals surface area (Å²) in [7, 11) is 0. The summed E-state index contributed by atoms with van der Waals surface area (Å²) in [5.41, 5.74) is 6.45. The number of aromatic nitrogens is 1. The second-order valence-corrected chi connectivity index (χ2v) is 4.76. The third-order valence-electron chi connectivity index (χ3n) is 2.35. The predicted molar refractivity (Wildman–Crippen MR) is 76.7 cm³/mol. The van der Waals surface area contributed by atoms with Gasteiger partial charge in [-0.05, 0) is 18.6 Å². The zero-order chi connectivity index (χ0) is 13.7. The number of hydrogen-bond donors (Lipinski definition) is 2. The highest BCUT2D eigenvalue weighted by Gasteiger charge is 2.12. The van der Waals surface area contributed by atoms with Crippen molar-refractivity contribution in [2.45, 2.75) is 13.3 Å². The third kappa shape index (κ3) is 3.45. The Labute approximate surface area is 115 Å². The number of carbonyl (C=O) groups excluding carboxylic acids is 1. The SMILES string of the molecule is CCCOc1ccccc1NC(=O)c1csc(N)n1. The minimum atomic E-state index is -0.291. The molecule has 5 nitrogen and oxygen atoms in total. The molecule has 2 aromatic rings. The Morgan fingerprint density at radius 1 is 1.47 bits per heavy atom. The zero-order valence-electron chi connectivity index (χ0n) is 10.6. The Hall–Kier alpha value is -2.08. The molecule has 1 aromatic heterocycles. The van der Waals surface area contributed by atoms with E-state index in [1.54, 1.807) is 11.4 Å². The van der Waals surface area contributed by atoms with Gasteiger partial charge < -0.3 is 15.8 Å². The minimum absolute atomic E-state index is 0.291. The van der Waals surface area contributed by atoms with Crippen LogP contribution in [0.15, 0.2) is 29.6 Å². The van der Waals surface area contributed by atoms with Crippen LogP contribution in [0.1, 0.15) is 23.8 Å². The fourth-order valence-electron chi connectivity index (χ4n) is 1.49. The number of hydrogen-bond acceptors (Lipinski definition) is 5. The Balaban J connectivity index is 2.12. The highest BCUT2D eigenvalue weighted by Crippen LogP contribution is 2.24. The summed E-state index contributed by atoms with van der Waals surface area (Å²) in [5.74, 6) is 0.362. The van der Waals surface area contributed by atoms with Crippen molar-refractivity contribution >= 4 is 28.1 Å². The molecule has 0 atom stereocenters. The second-order valence-electron chi connectivity index (χ2n) is 3.87. The first-order chi connectivity index (χ1) is 9.20. The number of nitrogens with two attached hydrogens (primary N) is 1. The van der Waals surface area contributed by atoms with Crippen molar-refractivity contribution in [2.24, 2.45) is 0 Å². The van der Waals surface area contributed by atoms with Gasteiger partial charge in [0.2, 0.25) is 0 Å². The van der Waals surface area contributed by atoms with Gasteiger partial charge in [0.05, 0.1) is 12.3 Å². The van der Waals surface area contributed by atoms with Gasteiger partial charge in [-0.15, -0.1) is 11.3 Å². The Bertz CT molecular complexity index is 569. The molecule has 0 saturated heterocycles. The van der Waals surface area contributed by atoms with Crippen molar-refractivity contribution in [1.82, 2.24) is 4.98 Å². The van der Waals surface area contributed by atoms with Crippen LogP contribution < -0.4 is 15.8 Å². The number of ether oxygens (including phenoxy) is 1. The highest BCUT2D eigenvalue weighted by molar-refractivity contribution is 7.13. The van der Waals surface area contributed by atoms with Gasteiger partial charge in [-0.3, -0.25) is 4.79 Å². The van der Waals surface area contributed by atoms with E-state index in [0.717, 1.165) is 6.42 Å². The fourth-order valence-corrected chi connectivity index (χ4v) is 2.03. The summed E-state index contributed by atoms with van der Waals surface area (Å²) in [4.78, 5) is 15.9. The standard InChI is InChI=1S/C13H15N3O2S/c1-2-7-18-11-6-4-3-5-9(11)15-12(17)10-8-19-13(14)16-10/h3-6,8H,2,7H2,1H3,(H2,14,16)(H,15,17). The number of para-hydroxylation sites is 2. The lowest BCUT2D eigenvalue weighted by Crippen LogP contribution is -2.13. The maximum atomic E-state index is 12.0. The largest absolute Gasteiger partial charge is 0.491 e. The number of nitrogen functional groups attached to an aromatic ring is 1. The van der Waals surface area contributed by atoms with E-state index < -0.39 is 0 Å². The predicted octanol–water partition coefficient (Wildman–Crippen LogP) is 2.77. The minimum Gasteiger partial charge on any atom is -0.491 e. The van der Waals surface area contributed by atoms with Crippen molar-refractivity contribution in [2.75, 3.05) is 17.7 Å². The number of carbonyl (C=O) groups is 1. The van der Waals surface area contributed by atoms with Crippen molar-refractivity contribution < 1.29 is 9.53 Å². The van der Waals surface area contributed by atoms with E-state index in [1.165, 1.54) is 11.3 Å². The average molecular weight is 277 g/mol. The lowest BCUT2D eigenvalue weighted by Gasteiger charge is -2.11. The first-order valence-electron chi connectivity index (χ1n) is 5.95. The smallest absolute Gasteiger partial charge is 0.275 e. The second kappa shape index (κ2) is 6.19. The summed E-state index contributed by atoms with van der Waals surface area (Å²) in [5, 5.41) is 4.77. The molecule has 0 aliphatic rings. The first kappa shape index (κ1) is 13.4. The van der Waals surface area contributed by atoms with E-state index in [9.17, 15) is 4.79 Å². The molecule has 1 heterocycles. The van der Waals surface area contributed by atoms with Crippen LogP contribution in [0.5, 0.6) is 5.75 Å². The van der Waals surface area contributed by atoms with Crippen LogP contribution in [-0.2, 0) is 0 Å². The maximum Gasteiger partial charge on any atom is 0.275 e. The van der Waals surface area contributed by atoms with E-state index in [4.69, 9.17) is 10.5 Å². The summed E-state index contributed by atoms with van der Waals surface area (Å²) in [6.45, 7) is 2.63. The number of rotatable bonds is 5. The number of benzene rings is 1.